The molecule has 0 aliphatic carbocycles. The number of imidazole rings is 1. The molecule has 1 aromatic heterocycles. The van der Waals surface area contributed by atoms with Crippen LogP contribution >= 0.6 is 0 Å². The van der Waals surface area contributed by atoms with Crippen LogP contribution in [-0.4, -0.2) is 4.57 Å². The van der Waals surface area contributed by atoms with Crippen LogP contribution in [0.25, 0.3) is 0 Å². The quantitative estimate of drug-likeness (QED) is 0.0471. The fourth-order valence-corrected chi connectivity index (χ4v) is 9.14. The zero-order chi connectivity index (χ0) is 39.1. The van der Waals surface area contributed by atoms with Crippen LogP contribution in [0.3, 0.4) is 0 Å². The van der Waals surface area contributed by atoms with E-state index < -0.39 is 0 Å². The molecule has 0 N–H and O–H groups in total. The van der Waals surface area contributed by atoms with Crippen molar-refractivity contribution in [2.45, 2.75) is 270 Å². The molecule has 55 heavy (non-hydrogen) atoms. The summed E-state index contributed by atoms with van der Waals surface area (Å²) in [5.74, 6) is 0.954. The smallest absolute Gasteiger partial charge is 0.240 e. The van der Waals surface area contributed by atoms with E-state index >= 15 is 0 Å². The lowest BCUT2D eigenvalue weighted by molar-refractivity contribution is -0.671. The van der Waals surface area contributed by atoms with E-state index in [2.05, 4.69) is 79.1 Å². The standard InChI is InChI=1S/C53H97N2/c1-4-6-8-10-12-14-16-18-20-22-24-26-28-30-32-35-41-51(42-36-33-31-29-27-25-23-21-19-17-15-13-11-9-7-5-2)43-39-40-46-53(55-48-47-54(3)50-55)49-52-44-37-34-38-45-52/h34,37-38,44-45,47-48,50-51,53H,4-33,35-36,39-43,46,49H2,1-3H3/q+1. The van der Waals surface area contributed by atoms with E-state index in [9.17, 15) is 0 Å². The first-order chi connectivity index (χ1) is 27.2. The molecular formula is C53H97N2+. The summed E-state index contributed by atoms with van der Waals surface area (Å²) >= 11 is 0. The largest absolute Gasteiger partial charge is 0.243 e. The molecule has 0 saturated carbocycles. The maximum Gasteiger partial charge on any atom is 0.243 e. The summed E-state index contributed by atoms with van der Waals surface area (Å²) in [7, 11) is 2.15. The summed E-state index contributed by atoms with van der Waals surface area (Å²) in [4.78, 5) is 0. The van der Waals surface area contributed by atoms with Gasteiger partial charge in [-0.3, -0.25) is 0 Å². The van der Waals surface area contributed by atoms with Crippen molar-refractivity contribution in [3.63, 3.8) is 0 Å². The number of hydrogen-bond donors (Lipinski definition) is 0. The van der Waals surface area contributed by atoms with E-state index in [1.54, 1.807) is 0 Å². The van der Waals surface area contributed by atoms with Crippen LogP contribution in [0.1, 0.15) is 269 Å². The highest BCUT2D eigenvalue weighted by molar-refractivity contribution is 5.15. The van der Waals surface area contributed by atoms with Crippen molar-refractivity contribution < 1.29 is 4.57 Å². The molecule has 2 nitrogen and oxygen atoms in total. The molecule has 1 heterocycles. The highest BCUT2D eigenvalue weighted by Crippen LogP contribution is 2.27. The fraction of sp³-hybridized carbons (Fsp3) is 0.830. The second kappa shape index (κ2) is 38.0. The number of hydrogen-bond acceptors (Lipinski definition) is 0. The Balaban J connectivity index is 1.60. The second-order valence-electron chi connectivity index (χ2n) is 18.2. The topological polar surface area (TPSA) is 8.81 Å². The molecule has 1 aromatic carbocycles. The summed E-state index contributed by atoms with van der Waals surface area (Å²) in [6, 6.07) is 11.7. The molecule has 2 aromatic rings. The summed E-state index contributed by atoms with van der Waals surface area (Å²) < 4.78 is 4.67. The van der Waals surface area contributed by atoms with Gasteiger partial charge in [0.1, 0.15) is 18.4 Å². The first-order valence-electron chi connectivity index (χ1n) is 25.3. The van der Waals surface area contributed by atoms with Crippen LogP contribution in [0, 0.1) is 5.92 Å². The van der Waals surface area contributed by atoms with Gasteiger partial charge in [0.25, 0.3) is 0 Å². The Hall–Kier alpha value is -1.57. The Labute approximate surface area is 345 Å². The molecule has 0 aliphatic heterocycles. The lowest BCUT2D eigenvalue weighted by atomic mass is 9.89. The lowest BCUT2D eigenvalue weighted by Gasteiger charge is -2.18. The maximum absolute atomic E-state index is 2.47. The van der Waals surface area contributed by atoms with Gasteiger partial charge in [0, 0.05) is 6.42 Å². The first-order valence-corrected chi connectivity index (χ1v) is 25.3. The monoisotopic (exact) mass is 762 g/mol. The van der Waals surface area contributed by atoms with E-state index in [0.717, 1.165) is 12.3 Å². The fourth-order valence-electron chi connectivity index (χ4n) is 9.14. The summed E-state index contributed by atoms with van der Waals surface area (Å²) in [6.07, 6.45) is 63.2. The van der Waals surface area contributed by atoms with Gasteiger partial charge in [-0.2, -0.15) is 0 Å². The Morgan fingerprint density at radius 2 is 0.745 bits per heavy atom. The minimum Gasteiger partial charge on any atom is -0.240 e. The van der Waals surface area contributed by atoms with Gasteiger partial charge in [0.05, 0.1) is 7.05 Å². The van der Waals surface area contributed by atoms with Crippen LogP contribution in [0.4, 0.5) is 0 Å². The number of nitrogens with zero attached hydrogens (tertiary/aromatic N) is 2. The van der Waals surface area contributed by atoms with Crippen LogP contribution in [-0.2, 0) is 13.5 Å². The van der Waals surface area contributed by atoms with Crippen molar-refractivity contribution in [2.24, 2.45) is 13.0 Å². The van der Waals surface area contributed by atoms with E-state index in [4.69, 9.17) is 0 Å². The maximum atomic E-state index is 2.47. The van der Waals surface area contributed by atoms with Gasteiger partial charge < -0.3 is 0 Å². The highest BCUT2D eigenvalue weighted by atomic mass is 15.1. The minimum atomic E-state index is 0.558. The minimum absolute atomic E-state index is 0.558. The van der Waals surface area contributed by atoms with Crippen LogP contribution in [0.15, 0.2) is 49.1 Å². The average molecular weight is 762 g/mol. The SMILES string of the molecule is CCCCCCCCCCCCCCCCCCC(CCCCCCCCCCCCCCCCCC)CCCCC(Cc1ccccc1)n1cc[n+](C)c1. The van der Waals surface area contributed by atoms with Gasteiger partial charge in [-0.15, -0.1) is 0 Å². The first kappa shape index (κ1) is 49.6. The van der Waals surface area contributed by atoms with Gasteiger partial charge >= 0.3 is 0 Å². The van der Waals surface area contributed by atoms with Crippen molar-refractivity contribution in [1.29, 1.82) is 0 Å². The molecule has 0 amide bonds. The summed E-state index contributed by atoms with van der Waals surface area (Å²) in [5.41, 5.74) is 1.47. The van der Waals surface area contributed by atoms with E-state index in [1.165, 1.54) is 250 Å². The third-order valence-corrected chi connectivity index (χ3v) is 12.9. The molecule has 0 aliphatic rings. The van der Waals surface area contributed by atoms with Crippen LogP contribution in [0.5, 0.6) is 0 Å². The third-order valence-electron chi connectivity index (χ3n) is 12.9. The lowest BCUT2D eigenvalue weighted by Crippen LogP contribution is -2.24. The van der Waals surface area contributed by atoms with Crippen LogP contribution in [0.2, 0.25) is 0 Å². The Morgan fingerprint density at radius 3 is 1.09 bits per heavy atom. The Kier molecular flexibility index (Phi) is 34.2. The molecule has 0 fully saturated rings. The molecule has 0 radical (unpaired) electrons. The molecule has 2 heteroatoms. The normalized spacial score (nSPS) is 12.3. The summed E-state index contributed by atoms with van der Waals surface area (Å²) in [5, 5.41) is 0. The number of aryl methyl sites for hydroxylation is 1. The van der Waals surface area contributed by atoms with E-state index in [1.807, 2.05) is 0 Å². The van der Waals surface area contributed by atoms with Crippen LogP contribution < -0.4 is 4.57 Å². The molecule has 0 saturated heterocycles. The van der Waals surface area contributed by atoms with Gasteiger partial charge in [0.15, 0.2) is 0 Å². The second-order valence-corrected chi connectivity index (χ2v) is 18.2. The molecule has 1 unspecified atom stereocenters. The van der Waals surface area contributed by atoms with Crippen molar-refractivity contribution in [3.05, 3.63) is 54.6 Å². The van der Waals surface area contributed by atoms with Gasteiger partial charge in [-0.25, -0.2) is 9.13 Å². The van der Waals surface area contributed by atoms with Gasteiger partial charge in [-0.1, -0.05) is 275 Å². The third kappa shape index (κ3) is 30.2. The van der Waals surface area contributed by atoms with Crippen molar-refractivity contribution in [1.82, 2.24) is 4.57 Å². The number of unbranched alkanes of at least 4 members (excludes halogenated alkanes) is 31. The highest BCUT2D eigenvalue weighted by Gasteiger charge is 2.18. The molecule has 0 bridgehead atoms. The molecular weight excluding hydrogens is 665 g/mol. The zero-order valence-electron chi connectivity index (χ0n) is 37.7. The number of aromatic nitrogens is 2. The van der Waals surface area contributed by atoms with Crippen molar-refractivity contribution in [2.75, 3.05) is 0 Å². The van der Waals surface area contributed by atoms with Crippen molar-refractivity contribution in [3.8, 4) is 0 Å². The Bertz CT molecular complexity index is 990. The van der Waals surface area contributed by atoms with E-state index in [-0.39, 0.29) is 0 Å². The molecule has 318 valence electrons. The molecule has 0 spiro atoms. The number of benzene rings is 1. The van der Waals surface area contributed by atoms with Gasteiger partial charge in [-0.05, 0) is 24.3 Å². The predicted molar refractivity (Wildman–Crippen MR) is 245 cm³/mol. The van der Waals surface area contributed by atoms with Gasteiger partial charge in [0.2, 0.25) is 6.33 Å². The molecule has 2 rings (SSSR count). The number of rotatable bonds is 42. The summed E-state index contributed by atoms with van der Waals surface area (Å²) in [6.45, 7) is 4.63. The predicted octanol–water partition coefficient (Wildman–Crippen LogP) is 17.6. The van der Waals surface area contributed by atoms with Crippen molar-refractivity contribution >= 4 is 0 Å². The molecule has 1 atom stereocenters. The van der Waals surface area contributed by atoms with E-state index in [0.29, 0.717) is 6.04 Å². The zero-order valence-corrected chi connectivity index (χ0v) is 37.7. The average Bonchev–Trinajstić information content (AvgIpc) is 3.64. The Morgan fingerprint density at radius 1 is 0.418 bits per heavy atom.